The highest BCUT2D eigenvalue weighted by molar-refractivity contribution is 6.30. The average molecular weight is 283 g/mol. The van der Waals surface area contributed by atoms with Crippen LogP contribution in [0.4, 0.5) is 0 Å². The lowest BCUT2D eigenvalue weighted by Crippen LogP contribution is -2.48. The molecule has 0 saturated carbocycles. The fourth-order valence-electron chi connectivity index (χ4n) is 1.81. The first-order valence-electron chi connectivity index (χ1n) is 6.08. The van der Waals surface area contributed by atoms with Crippen molar-refractivity contribution >= 4 is 23.4 Å². The standard InChI is InChI=1S/C13H15ClN2O3/c14-9-1-4-11(5-2-9)19-8-13(18)16-10-3-6-12(17)15-7-10/h1-2,4-5,10H,3,6-8H2,(H,15,17)(H,16,18). The van der Waals surface area contributed by atoms with Gasteiger partial charge in [-0.3, -0.25) is 9.59 Å². The van der Waals surface area contributed by atoms with Crippen LogP contribution in [-0.2, 0) is 9.59 Å². The molecule has 1 aromatic rings. The molecule has 1 aliphatic rings. The lowest BCUT2D eigenvalue weighted by Gasteiger charge is -2.23. The van der Waals surface area contributed by atoms with Crippen molar-refractivity contribution in [3.05, 3.63) is 29.3 Å². The van der Waals surface area contributed by atoms with Gasteiger partial charge in [0.2, 0.25) is 5.91 Å². The Morgan fingerprint density at radius 2 is 2.16 bits per heavy atom. The SMILES string of the molecule is O=C1CCC(NC(=O)COc2ccc(Cl)cc2)CN1. The molecule has 2 N–H and O–H groups in total. The number of hydrogen-bond donors (Lipinski definition) is 2. The number of benzene rings is 1. The van der Waals surface area contributed by atoms with E-state index in [1.165, 1.54) is 0 Å². The van der Waals surface area contributed by atoms with E-state index in [4.69, 9.17) is 16.3 Å². The average Bonchev–Trinajstić information content (AvgIpc) is 2.41. The summed E-state index contributed by atoms with van der Waals surface area (Å²) in [5, 5.41) is 6.14. The summed E-state index contributed by atoms with van der Waals surface area (Å²) in [6, 6.07) is 6.79. The molecule has 1 fully saturated rings. The van der Waals surface area contributed by atoms with E-state index in [9.17, 15) is 9.59 Å². The normalized spacial score (nSPS) is 18.6. The van der Waals surface area contributed by atoms with Crippen molar-refractivity contribution in [1.29, 1.82) is 0 Å². The summed E-state index contributed by atoms with van der Waals surface area (Å²) in [5.41, 5.74) is 0. The van der Waals surface area contributed by atoms with Gasteiger partial charge in [-0.2, -0.15) is 0 Å². The number of rotatable bonds is 4. The Kier molecular flexibility index (Phi) is 4.63. The molecule has 1 unspecified atom stereocenters. The maximum absolute atomic E-state index is 11.7. The van der Waals surface area contributed by atoms with Crippen LogP contribution in [0, 0.1) is 0 Å². The monoisotopic (exact) mass is 282 g/mol. The highest BCUT2D eigenvalue weighted by atomic mass is 35.5. The van der Waals surface area contributed by atoms with Crippen LogP contribution in [-0.4, -0.2) is 31.0 Å². The van der Waals surface area contributed by atoms with Gasteiger partial charge in [0, 0.05) is 24.0 Å². The molecule has 0 radical (unpaired) electrons. The molecule has 0 aliphatic carbocycles. The van der Waals surface area contributed by atoms with Crippen molar-refractivity contribution < 1.29 is 14.3 Å². The van der Waals surface area contributed by atoms with Crippen molar-refractivity contribution in [2.45, 2.75) is 18.9 Å². The van der Waals surface area contributed by atoms with Gasteiger partial charge < -0.3 is 15.4 Å². The Bertz CT molecular complexity index is 451. The van der Waals surface area contributed by atoms with Crippen LogP contribution in [0.5, 0.6) is 5.75 Å². The summed E-state index contributed by atoms with van der Waals surface area (Å²) in [4.78, 5) is 22.6. The highest BCUT2D eigenvalue weighted by Gasteiger charge is 2.19. The van der Waals surface area contributed by atoms with Crippen molar-refractivity contribution in [1.82, 2.24) is 10.6 Å². The zero-order valence-electron chi connectivity index (χ0n) is 10.3. The number of hydrogen-bond acceptors (Lipinski definition) is 3. The van der Waals surface area contributed by atoms with E-state index in [0.29, 0.717) is 30.2 Å². The number of carbonyl (C=O) groups excluding carboxylic acids is 2. The first-order chi connectivity index (χ1) is 9.13. The van der Waals surface area contributed by atoms with E-state index >= 15 is 0 Å². The molecule has 0 aromatic heterocycles. The Labute approximate surface area is 116 Å². The molecule has 0 spiro atoms. The van der Waals surface area contributed by atoms with Crippen LogP contribution in [0.15, 0.2) is 24.3 Å². The quantitative estimate of drug-likeness (QED) is 0.869. The second-order valence-corrected chi connectivity index (χ2v) is 4.79. The van der Waals surface area contributed by atoms with Crippen molar-refractivity contribution in [2.75, 3.05) is 13.2 Å². The number of amides is 2. The van der Waals surface area contributed by atoms with E-state index in [2.05, 4.69) is 10.6 Å². The molecule has 1 atom stereocenters. The van der Waals surface area contributed by atoms with Gasteiger partial charge in [0.15, 0.2) is 6.61 Å². The molecule has 1 aliphatic heterocycles. The first-order valence-corrected chi connectivity index (χ1v) is 6.46. The highest BCUT2D eigenvalue weighted by Crippen LogP contribution is 2.15. The molecule has 6 heteroatoms. The molecule has 1 saturated heterocycles. The summed E-state index contributed by atoms with van der Waals surface area (Å²) in [5.74, 6) is 0.426. The fraction of sp³-hybridized carbons (Fsp3) is 0.385. The van der Waals surface area contributed by atoms with E-state index in [-0.39, 0.29) is 24.5 Å². The van der Waals surface area contributed by atoms with Crippen molar-refractivity contribution in [3.63, 3.8) is 0 Å². The number of nitrogens with one attached hydrogen (secondary N) is 2. The van der Waals surface area contributed by atoms with Crippen LogP contribution in [0.3, 0.4) is 0 Å². The maximum Gasteiger partial charge on any atom is 0.258 e. The van der Waals surface area contributed by atoms with Gasteiger partial charge in [-0.15, -0.1) is 0 Å². The lowest BCUT2D eigenvalue weighted by atomic mass is 10.1. The van der Waals surface area contributed by atoms with Crippen LogP contribution in [0.25, 0.3) is 0 Å². The van der Waals surface area contributed by atoms with Crippen molar-refractivity contribution in [2.24, 2.45) is 0 Å². The zero-order valence-corrected chi connectivity index (χ0v) is 11.1. The number of piperidine rings is 1. The van der Waals surface area contributed by atoms with Crippen molar-refractivity contribution in [3.8, 4) is 5.75 Å². The molecular weight excluding hydrogens is 268 g/mol. The first kappa shape index (κ1) is 13.7. The summed E-state index contributed by atoms with van der Waals surface area (Å²) < 4.78 is 5.33. The van der Waals surface area contributed by atoms with E-state index in [0.717, 1.165) is 0 Å². The summed E-state index contributed by atoms with van der Waals surface area (Å²) in [6.07, 6.45) is 1.11. The largest absolute Gasteiger partial charge is 0.484 e. The number of ether oxygens (including phenoxy) is 1. The minimum atomic E-state index is -0.198. The van der Waals surface area contributed by atoms with E-state index in [1.807, 2.05) is 0 Å². The van der Waals surface area contributed by atoms with Gasteiger partial charge in [0.1, 0.15) is 5.75 Å². The third-order valence-corrected chi connectivity index (χ3v) is 3.07. The third-order valence-electron chi connectivity index (χ3n) is 2.81. The van der Waals surface area contributed by atoms with Gasteiger partial charge in [-0.05, 0) is 30.7 Å². The minimum absolute atomic E-state index is 0.0148. The van der Waals surface area contributed by atoms with Crippen LogP contribution >= 0.6 is 11.6 Å². The molecule has 1 aromatic carbocycles. The Morgan fingerprint density at radius 3 is 2.79 bits per heavy atom. The smallest absolute Gasteiger partial charge is 0.258 e. The summed E-state index contributed by atoms with van der Waals surface area (Å²) in [7, 11) is 0. The second-order valence-electron chi connectivity index (χ2n) is 4.35. The van der Waals surface area contributed by atoms with Gasteiger partial charge in [-0.25, -0.2) is 0 Å². The Hall–Kier alpha value is -1.75. The minimum Gasteiger partial charge on any atom is -0.484 e. The maximum atomic E-state index is 11.7. The lowest BCUT2D eigenvalue weighted by molar-refractivity contribution is -0.126. The Balaban J connectivity index is 1.72. The summed E-state index contributed by atoms with van der Waals surface area (Å²) in [6.45, 7) is 0.428. The number of carbonyl (C=O) groups is 2. The van der Waals surface area contributed by atoms with Gasteiger partial charge >= 0.3 is 0 Å². The molecule has 2 amide bonds. The fourth-order valence-corrected chi connectivity index (χ4v) is 1.93. The van der Waals surface area contributed by atoms with Gasteiger partial charge in [0.25, 0.3) is 5.91 Å². The molecule has 1 heterocycles. The van der Waals surface area contributed by atoms with Crippen LogP contribution < -0.4 is 15.4 Å². The molecule has 19 heavy (non-hydrogen) atoms. The molecule has 102 valence electrons. The van der Waals surface area contributed by atoms with Gasteiger partial charge in [0.05, 0.1) is 0 Å². The van der Waals surface area contributed by atoms with Gasteiger partial charge in [-0.1, -0.05) is 11.6 Å². The predicted octanol–water partition coefficient (Wildman–Crippen LogP) is 1.11. The molecular formula is C13H15ClN2O3. The zero-order chi connectivity index (χ0) is 13.7. The Morgan fingerprint density at radius 1 is 1.42 bits per heavy atom. The predicted molar refractivity (Wildman–Crippen MR) is 71.1 cm³/mol. The molecule has 0 bridgehead atoms. The molecule has 2 rings (SSSR count). The topological polar surface area (TPSA) is 67.4 Å². The second kappa shape index (κ2) is 6.43. The van der Waals surface area contributed by atoms with E-state index in [1.54, 1.807) is 24.3 Å². The van der Waals surface area contributed by atoms with Crippen LogP contribution in [0.1, 0.15) is 12.8 Å². The van der Waals surface area contributed by atoms with Crippen LogP contribution in [0.2, 0.25) is 5.02 Å². The molecule has 5 nitrogen and oxygen atoms in total. The van der Waals surface area contributed by atoms with E-state index < -0.39 is 0 Å². The third kappa shape index (κ3) is 4.44. The summed E-state index contributed by atoms with van der Waals surface area (Å²) >= 11 is 5.75. The number of halogens is 1.